The van der Waals surface area contributed by atoms with Gasteiger partial charge in [-0.05, 0) is 98.8 Å². The van der Waals surface area contributed by atoms with Crippen molar-refractivity contribution in [2.75, 3.05) is 42.4 Å². The smallest absolute Gasteiger partial charge is 0.328 e. The number of amides is 3. The number of hydrogen-bond acceptors (Lipinski definition) is 11. The van der Waals surface area contributed by atoms with Crippen LogP contribution in [-0.4, -0.2) is 127 Å². The topological polar surface area (TPSA) is 175 Å². The predicted octanol–water partition coefficient (Wildman–Crippen LogP) is 4.38. The van der Waals surface area contributed by atoms with Crippen molar-refractivity contribution in [3.63, 3.8) is 0 Å². The average Bonchev–Trinajstić information content (AvgIpc) is 3.22. The molecule has 3 aromatic rings. The molecule has 59 heavy (non-hydrogen) atoms. The summed E-state index contributed by atoms with van der Waals surface area (Å²) in [6.07, 6.45) is 0.193. The molecule has 3 rings (SSSR count). The number of nitrogens with zero attached hydrogens (tertiary/aromatic N) is 3. The number of benzene rings is 3. The van der Waals surface area contributed by atoms with Crippen molar-refractivity contribution in [3.8, 4) is 17.2 Å². The van der Waals surface area contributed by atoms with E-state index in [4.69, 9.17) is 14.2 Å². The molecule has 14 nitrogen and oxygen atoms in total. The number of ether oxygens (including phenoxy) is 3. The standard InChI is InChI=1S/C45H62N4O10/c1-11-29(4)40(59-45(56)38(47(5)6)27-32-16-23-35(57-9)24-17-32)41(52)46-39(28(2)3)43(54)49(8)37(26-31-14-21-34(51)22-15-31)42(53)48(7)36(44(55)58-10)25-18-30-12-19-33(50)20-13-30/h12-17,19-24,28-29,36-40,50-51H,11,18,25-27H2,1-10H3,(H,46,52)/t29-,36+,37-,38+,39+,40-/m0/s1. The lowest BCUT2D eigenvalue weighted by molar-refractivity contribution is -0.164. The van der Waals surface area contributed by atoms with Crippen LogP contribution in [0.2, 0.25) is 0 Å². The number of rotatable bonds is 21. The van der Waals surface area contributed by atoms with Crippen LogP contribution in [0.1, 0.15) is 57.2 Å². The average molecular weight is 819 g/mol. The molecular weight excluding hydrogens is 757 g/mol. The van der Waals surface area contributed by atoms with Crippen LogP contribution in [0.3, 0.4) is 0 Å². The van der Waals surface area contributed by atoms with E-state index < -0.39 is 71.8 Å². The Kier molecular flexibility index (Phi) is 18.2. The van der Waals surface area contributed by atoms with Crippen LogP contribution in [0.5, 0.6) is 17.2 Å². The van der Waals surface area contributed by atoms with E-state index >= 15 is 0 Å². The van der Waals surface area contributed by atoms with Gasteiger partial charge in [-0.3, -0.25) is 24.1 Å². The minimum absolute atomic E-state index is 0.0174. The van der Waals surface area contributed by atoms with E-state index in [1.54, 1.807) is 83.3 Å². The number of methoxy groups -OCH3 is 2. The summed E-state index contributed by atoms with van der Waals surface area (Å²) in [5, 5.41) is 22.5. The molecule has 3 amide bonds. The van der Waals surface area contributed by atoms with Crippen LogP contribution < -0.4 is 10.1 Å². The molecule has 0 unspecified atom stereocenters. The van der Waals surface area contributed by atoms with Gasteiger partial charge in [-0.15, -0.1) is 0 Å². The van der Waals surface area contributed by atoms with Crippen LogP contribution >= 0.6 is 0 Å². The maximum Gasteiger partial charge on any atom is 0.328 e. The molecule has 3 N–H and O–H groups in total. The predicted molar refractivity (Wildman–Crippen MR) is 224 cm³/mol. The van der Waals surface area contributed by atoms with Gasteiger partial charge in [0.1, 0.15) is 41.4 Å². The lowest BCUT2D eigenvalue weighted by atomic mass is 9.96. The number of likely N-dealkylation sites (N-methyl/N-ethyl adjacent to an activating group) is 3. The molecule has 0 bridgehead atoms. The van der Waals surface area contributed by atoms with Gasteiger partial charge in [-0.1, -0.05) is 64.1 Å². The largest absolute Gasteiger partial charge is 0.508 e. The van der Waals surface area contributed by atoms with Crippen molar-refractivity contribution in [2.45, 2.75) is 90.1 Å². The van der Waals surface area contributed by atoms with Crippen molar-refractivity contribution in [2.24, 2.45) is 11.8 Å². The summed E-state index contributed by atoms with van der Waals surface area (Å²) in [6, 6.07) is 16.1. The summed E-state index contributed by atoms with van der Waals surface area (Å²) in [6.45, 7) is 7.20. The number of phenolic OH excluding ortho intramolecular Hbond substituents is 2. The Morgan fingerprint density at radius 1 is 0.661 bits per heavy atom. The molecule has 0 radical (unpaired) electrons. The first-order valence-corrected chi connectivity index (χ1v) is 19.9. The lowest BCUT2D eigenvalue weighted by Gasteiger charge is -2.36. The fourth-order valence-corrected chi connectivity index (χ4v) is 6.63. The van der Waals surface area contributed by atoms with Gasteiger partial charge in [-0.2, -0.15) is 0 Å². The Bertz CT molecular complexity index is 1830. The number of aryl methyl sites for hydroxylation is 1. The van der Waals surface area contributed by atoms with Crippen molar-refractivity contribution in [1.82, 2.24) is 20.0 Å². The molecule has 0 saturated heterocycles. The van der Waals surface area contributed by atoms with E-state index in [9.17, 15) is 34.2 Å². The number of nitrogens with one attached hydrogen (secondary N) is 1. The monoisotopic (exact) mass is 818 g/mol. The van der Waals surface area contributed by atoms with Crippen LogP contribution in [0.4, 0.5) is 0 Å². The zero-order valence-electron chi connectivity index (χ0n) is 36.0. The molecule has 0 heterocycles. The molecular formula is C45H62N4O10. The van der Waals surface area contributed by atoms with E-state index in [0.29, 0.717) is 30.6 Å². The van der Waals surface area contributed by atoms with Crippen LogP contribution in [0, 0.1) is 11.8 Å². The van der Waals surface area contributed by atoms with E-state index in [-0.39, 0.29) is 24.3 Å². The number of carbonyl (C=O) groups is 5. The van der Waals surface area contributed by atoms with Crippen molar-refractivity contribution in [1.29, 1.82) is 0 Å². The van der Waals surface area contributed by atoms with Crippen molar-refractivity contribution in [3.05, 3.63) is 89.5 Å². The Balaban J connectivity index is 1.90. The normalized spacial score (nSPS) is 14.3. The molecule has 0 saturated carbocycles. The van der Waals surface area contributed by atoms with Gasteiger partial charge in [0.2, 0.25) is 11.8 Å². The maximum atomic E-state index is 14.5. The molecule has 6 atom stereocenters. The summed E-state index contributed by atoms with van der Waals surface area (Å²) >= 11 is 0. The van der Waals surface area contributed by atoms with E-state index in [1.165, 1.54) is 55.3 Å². The summed E-state index contributed by atoms with van der Waals surface area (Å²) in [4.78, 5) is 74.3. The zero-order valence-corrected chi connectivity index (χ0v) is 36.0. The summed E-state index contributed by atoms with van der Waals surface area (Å²) in [5.74, 6) is -3.06. The van der Waals surface area contributed by atoms with Crippen LogP contribution in [-0.2, 0) is 52.7 Å². The van der Waals surface area contributed by atoms with E-state index in [2.05, 4.69) is 5.32 Å². The Morgan fingerprint density at radius 2 is 1.15 bits per heavy atom. The van der Waals surface area contributed by atoms with Gasteiger partial charge in [-0.25, -0.2) is 4.79 Å². The Labute approximate surface area is 348 Å². The first-order chi connectivity index (χ1) is 27.9. The van der Waals surface area contributed by atoms with Crippen molar-refractivity contribution < 1.29 is 48.4 Å². The third-order valence-corrected chi connectivity index (χ3v) is 10.8. The zero-order chi connectivity index (χ0) is 44.0. The molecule has 0 aliphatic carbocycles. The number of hydrogen-bond donors (Lipinski definition) is 3. The fraction of sp³-hybridized carbons (Fsp3) is 0.489. The lowest BCUT2D eigenvalue weighted by Crippen LogP contribution is -2.59. The molecule has 14 heteroatoms. The summed E-state index contributed by atoms with van der Waals surface area (Å²) < 4.78 is 16.3. The van der Waals surface area contributed by atoms with Crippen LogP contribution in [0.25, 0.3) is 0 Å². The van der Waals surface area contributed by atoms with Gasteiger partial charge in [0.25, 0.3) is 5.91 Å². The highest BCUT2D eigenvalue weighted by molar-refractivity contribution is 5.95. The van der Waals surface area contributed by atoms with E-state index in [1.807, 2.05) is 19.1 Å². The second-order valence-electron chi connectivity index (χ2n) is 15.5. The number of aromatic hydroxyl groups is 2. The first kappa shape index (κ1) is 47.7. The molecule has 0 aliphatic heterocycles. The molecule has 3 aromatic carbocycles. The van der Waals surface area contributed by atoms with Gasteiger partial charge >= 0.3 is 11.9 Å². The number of esters is 2. The maximum absolute atomic E-state index is 14.5. The molecule has 322 valence electrons. The van der Waals surface area contributed by atoms with Crippen molar-refractivity contribution >= 4 is 29.7 Å². The third-order valence-electron chi connectivity index (χ3n) is 10.8. The molecule has 0 aliphatic rings. The summed E-state index contributed by atoms with van der Waals surface area (Å²) in [5.41, 5.74) is 2.33. The third kappa shape index (κ3) is 13.5. The number of phenols is 2. The van der Waals surface area contributed by atoms with Gasteiger partial charge < -0.3 is 39.5 Å². The SMILES string of the molecule is CC[C@H](C)[C@H](OC(=O)[C@@H](Cc1ccc(OC)cc1)N(C)C)C(=O)N[C@@H](C(=O)N(C)[C@@H](Cc1ccc(O)cc1)C(=O)N(C)[C@H](CCc1ccc(O)cc1)C(=O)OC)C(C)C. The minimum atomic E-state index is -1.22. The van der Waals surface area contributed by atoms with Crippen LogP contribution in [0.15, 0.2) is 72.8 Å². The Morgan fingerprint density at radius 3 is 1.63 bits per heavy atom. The highest BCUT2D eigenvalue weighted by Crippen LogP contribution is 2.22. The Hall–Kier alpha value is -5.63. The second-order valence-corrected chi connectivity index (χ2v) is 15.5. The molecule has 0 spiro atoms. The quantitative estimate of drug-likeness (QED) is 0.130. The fourth-order valence-electron chi connectivity index (χ4n) is 6.63. The minimum Gasteiger partial charge on any atom is -0.508 e. The number of carbonyl (C=O) groups excluding carboxylic acids is 5. The summed E-state index contributed by atoms with van der Waals surface area (Å²) in [7, 11) is 9.27. The van der Waals surface area contributed by atoms with Gasteiger partial charge in [0, 0.05) is 26.4 Å². The van der Waals surface area contributed by atoms with E-state index in [0.717, 1.165) is 11.1 Å². The first-order valence-electron chi connectivity index (χ1n) is 19.9. The van der Waals surface area contributed by atoms with Gasteiger partial charge in [0.05, 0.1) is 14.2 Å². The second kappa shape index (κ2) is 22.5. The highest BCUT2D eigenvalue weighted by Gasteiger charge is 2.40. The van der Waals surface area contributed by atoms with Gasteiger partial charge in [0.15, 0.2) is 6.10 Å². The molecule has 0 aromatic heterocycles. The highest BCUT2D eigenvalue weighted by atomic mass is 16.6. The molecule has 0 fully saturated rings.